The van der Waals surface area contributed by atoms with Crippen molar-refractivity contribution in [2.24, 2.45) is 5.73 Å². The first-order valence-corrected chi connectivity index (χ1v) is 3.63. The van der Waals surface area contributed by atoms with E-state index >= 15 is 0 Å². The topological polar surface area (TPSA) is 46.2 Å². The molecular weight excluding hydrogens is 122 g/mol. The molecule has 1 heterocycles. The van der Waals surface area contributed by atoms with E-state index in [0.29, 0.717) is 0 Å². The minimum Gasteiger partial charge on any atom is -0.280 e. The van der Waals surface area contributed by atoms with Crippen molar-refractivity contribution in [2.75, 3.05) is 0 Å². The smallest absolute Gasteiger partial charge is 0.224 e. The minimum absolute atomic E-state index is 0.181. The van der Waals surface area contributed by atoms with Gasteiger partial charge in [-0.3, -0.25) is 5.73 Å². The summed E-state index contributed by atoms with van der Waals surface area (Å²) in [6.45, 7) is 0. The Morgan fingerprint density at radius 2 is 2.25 bits per heavy atom. The van der Waals surface area contributed by atoms with Crippen molar-refractivity contribution in [3.63, 3.8) is 0 Å². The van der Waals surface area contributed by atoms with E-state index in [1.54, 1.807) is 17.6 Å². The molecule has 44 valence electrons. The molecule has 0 aromatic heterocycles. The van der Waals surface area contributed by atoms with Crippen LogP contribution in [0.4, 0.5) is 0 Å². The van der Waals surface area contributed by atoms with Gasteiger partial charge in [0.25, 0.3) is 0 Å². The molecule has 2 unspecified atom stereocenters. The summed E-state index contributed by atoms with van der Waals surface area (Å²) in [5.41, 5.74) is 5.40. The standard InChI is InChI=1S/C5H8NOS/c6-5-3-1-2-4-8(5)7/h1-5,7H,6H2/q+1. The lowest BCUT2D eigenvalue weighted by Crippen LogP contribution is -2.27. The maximum absolute atomic E-state index is 8.94. The van der Waals surface area contributed by atoms with E-state index in [1.807, 2.05) is 6.08 Å². The molecule has 0 saturated heterocycles. The largest absolute Gasteiger partial charge is 0.280 e. The van der Waals surface area contributed by atoms with Gasteiger partial charge in [-0.1, -0.05) is 6.08 Å². The highest BCUT2D eigenvalue weighted by atomic mass is 32.2. The molecule has 0 amide bonds. The predicted octanol–water partition coefficient (Wildman–Crippen LogP) is 0.446. The Kier molecular flexibility index (Phi) is 1.73. The van der Waals surface area contributed by atoms with E-state index in [2.05, 4.69) is 0 Å². The van der Waals surface area contributed by atoms with E-state index in [-0.39, 0.29) is 5.37 Å². The molecule has 0 fully saturated rings. The Bertz CT molecular complexity index is 116. The number of rotatable bonds is 0. The average Bonchev–Trinajstić information content (AvgIpc) is 1.77. The molecule has 0 aromatic rings. The second kappa shape index (κ2) is 2.35. The quantitative estimate of drug-likeness (QED) is 0.467. The van der Waals surface area contributed by atoms with Crippen molar-refractivity contribution in [2.45, 2.75) is 5.37 Å². The van der Waals surface area contributed by atoms with Crippen molar-refractivity contribution in [3.8, 4) is 0 Å². The second-order valence-electron chi connectivity index (χ2n) is 1.52. The van der Waals surface area contributed by atoms with Crippen LogP contribution < -0.4 is 5.73 Å². The molecule has 1 rings (SSSR count). The molecule has 0 aliphatic carbocycles. The van der Waals surface area contributed by atoms with Crippen molar-refractivity contribution in [1.29, 1.82) is 0 Å². The molecule has 1 aliphatic rings. The van der Waals surface area contributed by atoms with Gasteiger partial charge < -0.3 is 0 Å². The van der Waals surface area contributed by atoms with Crippen LogP contribution in [-0.4, -0.2) is 9.93 Å². The van der Waals surface area contributed by atoms with Crippen LogP contribution in [0.15, 0.2) is 23.6 Å². The first-order valence-electron chi connectivity index (χ1n) is 2.32. The average molecular weight is 130 g/mol. The third kappa shape index (κ3) is 1.12. The molecular formula is C5H8NOS+. The van der Waals surface area contributed by atoms with Gasteiger partial charge in [-0.05, 0) is 12.2 Å². The summed E-state index contributed by atoms with van der Waals surface area (Å²) in [5, 5.41) is 1.52. The highest BCUT2D eigenvalue weighted by Crippen LogP contribution is 2.05. The summed E-state index contributed by atoms with van der Waals surface area (Å²) >= 11 is -0.725. The lowest BCUT2D eigenvalue weighted by atomic mass is 10.5. The van der Waals surface area contributed by atoms with Crippen LogP contribution in [0.25, 0.3) is 0 Å². The van der Waals surface area contributed by atoms with Gasteiger partial charge in [-0.15, -0.1) is 0 Å². The van der Waals surface area contributed by atoms with Gasteiger partial charge in [0.1, 0.15) is 0 Å². The molecule has 0 radical (unpaired) electrons. The first-order chi connectivity index (χ1) is 3.80. The number of hydrogen-bond acceptors (Lipinski definition) is 2. The summed E-state index contributed by atoms with van der Waals surface area (Å²) in [5.74, 6) is 0. The van der Waals surface area contributed by atoms with E-state index in [9.17, 15) is 0 Å². The van der Waals surface area contributed by atoms with Crippen molar-refractivity contribution in [3.05, 3.63) is 23.6 Å². The number of hydrogen-bond donors (Lipinski definition) is 2. The van der Waals surface area contributed by atoms with Crippen LogP contribution in [0.5, 0.6) is 0 Å². The lowest BCUT2D eigenvalue weighted by molar-refractivity contribution is 0.640. The SMILES string of the molecule is NC1C=CC=C[S+]1O. The minimum atomic E-state index is -0.725. The van der Waals surface area contributed by atoms with Crippen LogP contribution in [0.1, 0.15) is 0 Å². The highest BCUT2D eigenvalue weighted by Gasteiger charge is 2.21. The fraction of sp³-hybridized carbons (Fsp3) is 0.200. The summed E-state index contributed by atoms with van der Waals surface area (Å²) in [6, 6.07) is 0. The van der Waals surface area contributed by atoms with Crippen LogP contribution in [-0.2, 0) is 11.2 Å². The van der Waals surface area contributed by atoms with Crippen molar-refractivity contribution < 1.29 is 4.55 Å². The molecule has 3 heteroatoms. The van der Waals surface area contributed by atoms with Gasteiger partial charge in [0.2, 0.25) is 5.37 Å². The fourth-order valence-electron chi connectivity index (χ4n) is 0.471. The summed E-state index contributed by atoms with van der Waals surface area (Å²) in [6.07, 6.45) is 5.42. The Hall–Kier alpha value is -0.250. The van der Waals surface area contributed by atoms with Crippen molar-refractivity contribution in [1.82, 2.24) is 0 Å². The molecule has 1 aliphatic heterocycles. The van der Waals surface area contributed by atoms with E-state index < -0.39 is 11.2 Å². The van der Waals surface area contributed by atoms with Crippen LogP contribution >= 0.6 is 0 Å². The van der Waals surface area contributed by atoms with Crippen LogP contribution in [0.2, 0.25) is 0 Å². The Morgan fingerprint density at radius 3 is 2.62 bits per heavy atom. The zero-order valence-electron chi connectivity index (χ0n) is 4.32. The maximum atomic E-state index is 8.94. The Labute approximate surface area is 51.2 Å². The van der Waals surface area contributed by atoms with Gasteiger partial charge in [0.05, 0.1) is 0 Å². The van der Waals surface area contributed by atoms with Gasteiger partial charge in [-0.2, -0.15) is 4.55 Å². The third-order valence-corrected chi connectivity index (χ3v) is 2.06. The summed E-state index contributed by atoms with van der Waals surface area (Å²) < 4.78 is 8.94. The maximum Gasteiger partial charge on any atom is 0.224 e. The van der Waals surface area contributed by atoms with E-state index in [1.165, 1.54) is 0 Å². The van der Waals surface area contributed by atoms with E-state index in [4.69, 9.17) is 10.3 Å². The third-order valence-electron chi connectivity index (χ3n) is 0.909. The van der Waals surface area contributed by atoms with Gasteiger partial charge >= 0.3 is 0 Å². The molecule has 8 heavy (non-hydrogen) atoms. The fourth-order valence-corrected chi connectivity index (χ4v) is 1.16. The lowest BCUT2D eigenvalue weighted by Gasteiger charge is -2.00. The highest BCUT2D eigenvalue weighted by molar-refractivity contribution is 7.95. The molecule has 0 bridgehead atoms. The summed E-state index contributed by atoms with van der Waals surface area (Å²) in [4.78, 5) is 0. The second-order valence-corrected chi connectivity index (χ2v) is 3.04. The molecule has 0 spiro atoms. The van der Waals surface area contributed by atoms with Gasteiger partial charge in [-0.25, -0.2) is 0 Å². The molecule has 2 atom stereocenters. The molecule has 3 N–H and O–H groups in total. The number of nitrogens with two attached hydrogens (primary N) is 1. The molecule has 2 nitrogen and oxygen atoms in total. The van der Waals surface area contributed by atoms with Crippen molar-refractivity contribution >= 4 is 11.2 Å². The predicted molar refractivity (Wildman–Crippen MR) is 36.2 cm³/mol. The first kappa shape index (κ1) is 5.88. The Morgan fingerprint density at radius 1 is 1.50 bits per heavy atom. The van der Waals surface area contributed by atoms with Gasteiger partial charge in [0, 0.05) is 0 Å². The monoisotopic (exact) mass is 130 g/mol. The van der Waals surface area contributed by atoms with E-state index in [0.717, 1.165) is 0 Å². The zero-order valence-corrected chi connectivity index (χ0v) is 5.14. The van der Waals surface area contributed by atoms with Gasteiger partial charge in [0.15, 0.2) is 16.6 Å². The number of allylic oxidation sites excluding steroid dienone is 2. The molecule has 0 aromatic carbocycles. The van der Waals surface area contributed by atoms with Crippen LogP contribution in [0, 0.1) is 0 Å². The normalized spacial score (nSPS) is 35.8. The Balaban J connectivity index is 2.59. The zero-order chi connectivity index (χ0) is 5.98. The summed E-state index contributed by atoms with van der Waals surface area (Å²) in [7, 11) is 0. The van der Waals surface area contributed by atoms with Crippen LogP contribution in [0.3, 0.4) is 0 Å². The molecule has 0 saturated carbocycles.